The molecule has 3 heteroatoms. The maximum Gasteiger partial charge on any atom is 0.266 e. The van der Waals surface area contributed by atoms with Crippen LogP contribution in [0.15, 0.2) is 59.4 Å². The summed E-state index contributed by atoms with van der Waals surface area (Å²) in [6.07, 6.45) is 1.74. The van der Waals surface area contributed by atoms with Crippen molar-refractivity contribution in [2.45, 2.75) is 12.8 Å². The predicted octanol–water partition coefficient (Wildman–Crippen LogP) is 3.68. The second kappa shape index (κ2) is 5.26. The van der Waals surface area contributed by atoms with E-state index in [0.717, 1.165) is 40.8 Å². The van der Waals surface area contributed by atoms with Gasteiger partial charge >= 0.3 is 0 Å². The number of nitrogens with zero attached hydrogens (tertiary/aromatic N) is 1. The zero-order valence-electron chi connectivity index (χ0n) is 12.5. The minimum absolute atomic E-state index is 0.203. The Labute approximate surface area is 133 Å². The second-order valence-corrected chi connectivity index (χ2v) is 5.69. The molecule has 1 aromatic heterocycles. The van der Waals surface area contributed by atoms with E-state index in [1.165, 1.54) is 5.56 Å². The Morgan fingerprint density at radius 1 is 0.957 bits per heavy atom. The van der Waals surface area contributed by atoms with E-state index in [0.29, 0.717) is 0 Å². The smallest absolute Gasteiger partial charge is 0.266 e. The van der Waals surface area contributed by atoms with E-state index in [9.17, 15) is 10.1 Å². The number of hydrogen-bond donors (Lipinski definition) is 1. The van der Waals surface area contributed by atoms with Crippen molar-refractivity contribution in [1.82, 2.24) is 4.98 Å². The van der Waals surface area contributed by atoms with E-state index in [1.54, 1.807) is 0 Å². The number of benzene rings is 2. The molecule has 3 nitrogen and oxygen atoms in total. The van der Waals surface area contributed by atoms with Gasteiger partial charge in [-0.15, -0.1) is 0 Å². The van der Waals surface area contributed by atoms with Gasteiger partial charge < -0.3 is 4.98 Å². The third kappa shape index (κ3) is 2.08. The van der Waals surface area contributed by atoms with Gasteiger partial charge in [0.1, 0.15) is 11.6 Å². The van der Waals surface area contributed by atoms with E-state index >= 15 is 0 Å². The van der Waals surface area contributed by atoms with Crippen molar-refractivity contribution in [2.75, 3.05) is 0 Å². The number of aromatic nitrogens is 1. The summed E-state index contributed by atoms with van der Waals surface area (Å²) in [6, 6.07) is 19.9. The molecule has 0 atom stereocenters. The zero-order chi connectivity index (χ0) is 15.8. The number of aryl methyl sites for hydroxylation is 1. The lowest BCUT2D eigenvalue weighted by atomic mass is 9.83. The lowest BCUT2D eigenvalue weighted by molar-refractivity contribution is 0.923. The van der Waals surface area contributed by atoms with Crippen molar-refractivity contribution < 1.29 is 0 Å². The van der Waals surface area contributed by atoms with Crippen LogP contribution in [0, 0.1) is 11.3 Å². The van der Waals surface area contributed by atoms with Gasteiger partial charge in [-0.25, -0.2) is 0 Å². The molecule has 1 aliphatic rings. The molecule has 0 saturated carbocycles. The number of aromatic amines is 1. The Morgan fingerprint density at radius 2 is 1.70 bits per heavy atom. The lowest BCUT2D eigenvalue weighted by Crippen LogP contribution is -2.19. The fraction of sp³-hybridized carbons (Fsp3) is 0.100. The van der Waals surface area contributed by atoms with E-state index in [2.05, 4.69) is 17.1 Å². The third-order valence-corrected chi connectivity index (χ3v) is 4.42. The molecule has 1 heterocycles. The van der Waals surface area contributed by atoms with Crippen LogP contribution in [0.3, 0.4) is 0 Å². The molecule has 0 aliphatic heterocycles. The number of rotatable bonds is 1. The van der Waals surface area contributed by atoms with Crippen molar-refractivity contribution in [3.05, 3.63) is 81.6 Å². The van der Waals surface area contributed by atoms with Crippen LogP contribution in [0.2, 0.25) is 0 Å². The number of pyridine rings is 1. The van der Waals surface area contributed by atoms with Crippen LogP contribution >= 0.6 is 0 Å². The van der Waals surface area contributed by atoms with Crippen LogP contribution in [0.25, 0.3) is 22.4 Å². The summed E-state index contributed by atoms with van der Waals surface area (Å²) in [5, 5.41) is 9.49. The molecule has 110 valence electrons. The molecule has 1 N–H and O–H groups in total. The minimum atomic E-state index is -0.318. The van der Waals surface area contributed by atoms with Gasteiger partial charge in [-0.05, 0) is 29.5 Å². The van der Waals surface area contributed by atoms with Crippen molar-refractivity contribution in [1.29, 1.82) is 5.26 Å². The minimum Gasteiger partial charge on any atom is -0.320 e. The molecule has 3 aromatic rings. The summed E-state index contributed by atoms with van der Waals surface area (Å²) in [7, 11) is 0. The normalized spacial score (nSPS) is 12.1. The van der Waals surface area contributed by atoms with Crippen LogP contribution in [0.1, 0.15) is 16.7 Å². The van der Waals surface area contributed by atoms with Crippen LogP contribution in [-0.2, 0) is 12.8 Å². The van der Waals surface area contributed by atoms with Crippen molar-refractivity contribution in [2.24, 2.45) is 0 Å². The van der Waals surface area contributed by atoms with E-state index < -0.39 is 0 Å². The summed E-state index contributed by atoms with van der Waals surface area (Å²) in [4.78, 5) is 15.4. The molecule has 2 aromatic carbocycles. The summed E-state index contributed by atoms with van der Waals surface area (Å²) >= 11 is 0. The van der Waals surface area contributed by atoms with Crippen LogP contribution in [0.4, 0.5) is 0 Å². The number of nitriles is 1. The molecule has 0 unspecified atom stereocenters. The van der Waals surface area contributed by atoms with Gasteiger partial charge in [0.15, 0.2) is 0 Å². The quantitative estimate of drug-likeness (QED) is 0.745. The van der Waals surface area contributed by atoms with Gasteiger partial charge in [0, 0.05) is 11.1 Å². The zero-order valence-corrected chi connectivity index (χ0v) is 12.5. The van der Waals surface area contributed by atoms with Crippen molar-refractivity contribution in [3.8, 4) is 28.5 Å². The van der Waals surface area contributed by atoms with Gasteiger partial charge in [0.25, 0.3) is 5.56 Å². The van der Waals surface area contributed by atoms with Crippen LogP contribution < -0.4 is 5.56 Å². The molecule has 0 spiro atoms. The highest BCUT2D eigenvalue weighted by atomic mass is 16.1. The highest BCUT2D eigenvalue weighted by Crippen LogP contribution is 2.37. The Bertz CT molecular complexity index is 994. The maximum atomic E-state index is 12.4. The fourth-order valence-electron chi connectivity index (χ4n) is 3.39. The second-order valence-electron chi connectivity index (χ2n) is 5.69. The van der Waals surface area contributed by atoms with Crippen LogP contribution in [-0.4, -0.2) is 4.98 Å². The number of hydrogen-bond acceptors (Lipinski definition) is 2. The molecular weight excluding hydrogens is 284 g/mol. The van der Waals surface area contributed by atoms with E-state index in [4.69, 9.17) is 0 Å². The largest absolute Gasteiger partial charge is 0.320 e. The number of nitrogens with one attached hydrogen (secondary N) is 1. The summed E-state index contributed by atoms with van der Waals surface area (Å²) < 4.78 is 0. The maximum absolute atomic E-state index is 12.4. The van der Waals surface area contributed by atoms with E-state index in [1.807, 2.05) is 48.5 Å². The van der Waals surface area contributed by atoms with Crippen molar-refractivity contribution in [3.63, 3.8) is 0 Å². The van der Waals surface area contributed by atoms with Gasteiger partial charge in [0.05, 0.1) is 5.69 Å². The van der Waals surface area contributed by atoms with Gasteiger partial charge in [0.2, 0.25) is 0 Å². The molecular formula is C20H14N2O. The molecule has 0 saturated heterocycles. The average molecular weight is 298 g/mol. The van der Waals surface area contributed by atoms with Gasteiger partial charge in [-0.3, -0.25) is 4.79 Å². The Morgan fingerprint density at radius 3 is 2.48 bits per heavy atom. The number of fused-ring (bicyclic) bond motifs is 3. The first-order valence-electron chi connectivity index (χ1n) is 7.62. The Hall–Kier alpha value is -3.12. The van der Waals surface area contributed by atoms with Gasteiger partial charge in [-0.1, -0.05) is 54.6 Å². The lowest BCUT2D eigenvalue weighted by Gasteiger charge is -2.22. The van der Waals surface area contributed by atoms with Gasteiger partial charge in [-0.2, -0.15) is 5.26 Å². The van der Waals surface area contributed by atoms with Crippen LogP contribution in [0.5, 0.6) is 0 Å². The summed E-state index contributed by atoms with van der Waals surface area (Å²) in [6.45, 7) is 0. The molecule has 23 heavy (non-hydrogen) atoms. The highest BCUT2D eigenvalue weighted by molar-refractivity contribution is 5.82. The number of H-pyrrole nitrogens is 1. The van der Waals surface area contributed by atoms with Crippen molar-refractivity contribution >= 4 is 0 Å². The molecule has 0 amide bonds. The topological polar surface area (TPSA) is 56.6 Å². The first-order valence-corrected chi connectivity index (χ1v) is 7.62. The average Bonchev–Trinajstić information content (AvgIpc) is 2.61. The monoisotopic (exact) mass is 298 g/mol. The molecule has 1 aliphatic carbocycles. The summed E-state index contributed by atoms with van der Waals surface area (Å²) in [5.74, 6) is 0. The third-order valence-electron chi connectivity index (χ3n) is 4.42. The fourth-order valence-corrected chi connectivity index (χ4v) is 3.39. The molecule has 0 bridgehead atoms. The Kier molecular flexibility index (Phi) is 3.09. The molecule has 0 radical (unpaired) electrons. The standard InChI is InChI=1S/C20H14N2O/c21-12-17-18(14-7-2-1-3-8-14)16-11-10-13-6-4-5-9-15(13)19(16)22-20(17)23/h1-9H,10-11H2,(H,22,23). The Balaban J connectivity index is 2.10. The van der Waals surface area contributed by atoms with E-state index in [-0.39, 0.29) is 11.1 Å². The first kappa shape index (κ1) is 13.5. The predicted molar refractivity (Wildman–Crippen MR) is 90.1 cm³/mol. The summed E-state index contributed by atoms with van der Waals surface area (Å²) in [5.41, 5.74) is 5.80. The first-order chi connectivity index (χ1) is 11.3. The SMILES string of the molecule is N#Cc1c(-c2ccccc2)c2c([nH]c1=O)-c1ccccc1CC2. The molecule has 4 rings (SSSR count). The molecule has 0 fully saturated rings. The highest BCUT2D eigenvalue weighted by Gasteiger charge is 2.24.